The molecular weight excluding hydrogens is 156 g/mol. The maximum Gasteiger partial charge on any atom is 0.306 e. The van der Waals surface area contributed by atoms with Gasteiger partial charge in [0.25, 0.3) is 0 Å². The molecule has 2 aromatic rings. The molecule has 0 amide bonds. The first-order chi connectivity index (χ1) is 5.92. The second-order valence-corrected chi connectivity index (χ2v) is 2.24. The molecule has 4 heteroatoms. The van der Waals surface area contributed by atoms with Gasteiger partial charge in [0.15, 0.2) is 6.29 Å². The van der Waals surface area contributed by atoms with E-state index >= 15 is 0 Å². The van der Waals surface area contributed by atoms with Crippen LogP contribution in [0.15, 0.2) is 35.2 Å². The van der Waals surface area contributed by atoms with Gasteiger partial charge in [0, 0.05) is 6.20 Å². The average Bonchev–Trinajstić information content (AvgIpc) is 2.74. The maximum atomic E-state index is 10.5. The molecule has 0 fully saturated rings. The average molecular weight is 162 g/mol. The summed E-state index contributed by atoms with van der Waals surface area (Å²) in [4.78, 5) is 14.4. The number of hydrogen-bond donors (Lipinski definition) is 0. The zero-order valence-electron chi connectivity index (χ0n) is 6.18. The Hall–Kier alpha value is -1.84. The third-order valence-electron chi connectivity index (χ3n) is 1.53. The highest BCUT2D eigenvalue weighted by Gasteiger charge is 2.04. The van der Waals surface area contributed by atoms with E-state index in [2.05, 4.69) is 4.98 Å². The van der Waals surface area contributed by atoms with Crippen molar-refractivity contribution in [1.29, 1.82) is 0 Å². The summed E-state index contributed by atoms with van der Waals surface area (Å²) < 4.78 is 6.59. The first-order valence-electron chi connectivity index (χ1n) is 3.44. The number of hydrogen-bond acceptors (Lipinski definition) is 3. The van der Waals surface area contributed by atoms with Crippen LogP contribution in [-0.2, 0) is 0 Å². The minimum absolute atomic E-state index is 0.405. The van der Waals surface area contributed by atoms with Gasteiger partial charge in [-0.05, 0) is 12.1 Å². The fraction of sp³-hybridized carbons (Fsp3) is 0. The zero-order chi connectivity index (χ0) is 8.39. The Bertz CT molecular complexity index is 375. The van der Waals surface area contributed by atoms with Crippen LogP contribution in [0, 0.1) is 0 Å². The summed E-state index contributed by atoms with van der Waals surface area (Å²) in [5, 5.41) is 0. The third kappa shape index (κ3) is 0.934. The van der Waals surface area contributed by atoms with Crippen LogP contribution in [0.2, 0.25) is 0 Å². The maximum absolute atomic E-state index is 10.5. The van der Waals surface area contributed by atoms with Crippen molar-refractivity contribution in [2.45, 2.75) is 0 Å². The first kappa shape index (κ1) is 6.84. The fourth-order valence-corrected chi connectivity index (χ4v) is 0.999. The van der Waals surface area contributed by atoms with Gasteiger partial charge >= 0.3 is 6.01 Å². The van der Waals surface area contributed by atoms with Gasteiger partial charge in [0.1, 0.15) is 6.26 Å². The molecule has 0 radical (unpaired) electrons. The molecule has 0 aliphatic heterocycles. The highest BCUT2D eigenvalue weighted by Crippen LogP contribution is 2.07. The van der Waals surface area contributed by atoms with Crippen molar-refractivity contribution in [2.24, 2.45) is 0 Å². The van der Waals surface area contributed by atoms with Crippen LogP contribution in [0.5, 0.6) is 0 Å². The second kappa shape index (κ2) is 2.65. The number of carbonyl (C=O) groups excluding carboxylic acids is 1. The smallest absolute Gasteiger partial charge is 0.306 e. The van der Waals surface area contributed by atoms with Gasteiger partial charge in [-0.2, -0.15) is 0 Å². The molecule has 60 valence electrons. The van der Waals surface area contributed by atoms with Gasteiger partial charge < -0.3 is 4.42 Å². The summed E-state index contributed by atoms with van der Waals surface area (Å²) >= 11 is 0. The normalized spacial score (nSPS) is 10.0. The van der Waals surface area contributed by atoms with Crippen LogP contribution in [0.3, 0.4) is 0 Å². The third-order valence-corrected chi connectivity index (χ3v) is 1.53. The van der Waals surface area contributed by atoms with Crippen LogP contribution in [0.1, 0.15) is 10.5 Å². The molecule has 0 atom stereocenters. The van der Waals surface area contributed by atoms with Crippen LogP contribution in [-0.4, -0.2) is 15.8 Å². The Morgan fingerprint density at radius 1 is 1.58 bits per heavy atom. The molecule has 12 heavy (non-hydrogen) atoms. The molecule has 2 aromatic heterocycles. The second-order valence-electron chi connectivity index (χ2n) is 2.24. The van der Waals surface area contributed by atoms with E-state index in [1.165, 1.54) is 12.5 Å². The Balaban J connectivity index is 2.53. The molecule has 0 N–H and O–H groups in total. The van der Waals surface area contributed by atoms with Crippen molar-refractivity contribution < 1.29 is 9.21 Å². The molecule has 0 bridgehead atoms. The highest BCUT2D eigenvalue weighted by atomic mass is 16.4. The van der Waals surface area contributed by atoms with Gasteiger partial charge in [-0.3, -0.25) is 9.36 Å². The van der Waals surface area contributed by atoms with Crippen molar-refractivity contribution >= 4 is 6.29 Å². The summed E-state index contributed by atoms with van der Waals surface area (Å²) in [6, 6.07) is 3.85. The molecule has 0 saturated carbocycles. The van der Waals surface area contributed by atoms with Crippen LogP contribution in [0.4, 0.5) is 0 Å². The van der Waals surface area contributed by atoms with Crippen molar-refractivity contribution in [3.63, 3.8) is 0 Å². The molecule has 0 aliphatic carbocycles. The summed E-state index contributed by atoms with van der Waals surface area (Å²) in [5.41, 5.74) is 0.525. The quantitative estimate of drug-likeness (QED) is 0.625. The lowest BCUT2D eigenvalue weighted by Gasteiger charge is -1.96. The van der Waals surface area contributed by atoms with Crippen LogP contribution < -0.4 is 0 Å². The van der Waals surface area contributed by atoms with E-state index in [4.69, 9.17) is 4.42 Å². The van der Waals surface area contributed by atoms with E-state index < -0.39 is 0 Å². The Morgan fingerprint density at radius 3 is 3.17 bits per heavy atom. The van der Waals surface area contributed by atoms with Gasteiger partial charge in [-0.25, -0.2) is 4.98 Å². The summed E-state index contributed by atoms with van der Waals surface area (Å²) in [6.07, 6.45) is 5.47. The van der Waals surface area contributed by atoms with E-state index in [9.17, 15) is 4.79 Å². The fourth-order valence-electron chi connectivity index (χ4n) is 0.999. The molecular formula is C8H6N2O2. The molecule has 2 rings (SSSR count). The lowest BCUT2D eigenvalue weighted by molar-refractivity contribution is 0.111. The zero-order valence-corrected chi connectivity index (χ0v) is 6.18. The minimum atomic E-state index is 0.405. The van der Waals surface area contributed by atoms with E-state index in [1.54, 1.807) is 22.9 Å². The van der Waals surface area contributed by atoms with Gasteiger partial charge in [-0.15, -0.1) is 0 Å². The molecule has 0 unspecified atom stereocenters. The molecule has 0 aromatic carbocycles. The van der Waals surface area contributed by atoms with Crippen molar-refractivity contribution in [2.75, 3.05) is 0 Å². The molecule has 0 spiro atoms. The minimum Gasteiger partial charge on any atom is -0.432 e. The van der Waals surface area contributed by atoms with Gasteiger partial charge in [-0.1, -0.05) is 0 Å². The number of aromatic nitrogens is 2. The Kier molecular flexibility index (Phi) is 1.51. The van der Waals surface area contributed by atoms with E-state index in [0.717, 1.165) is 6.29 Å². The topological polar surface area (TPSA) is 48.0 Å². The first-order valence-corrected chi connectivity index (χ1v) is 3.44. The number of rotatable bonds is 2. The van der Waals surface area contributed by atoms with Crippen molar-refractivity contribution in [3.8, 4) is 6.01 Å². The lowest BCUT2D eigenvalue weighted by Crippen LogP contribution is -1.96. The van der Waals surface area contributed by atoms with Gasteiger partial charge in [0.05, 0.1) is 11.9 Å². The van der Waals surface area contributed by atoms with Crippen molar-refractivity contribution in [1.82, 2.24) is 9.55 Å². The highest BCUT2D eigenvalue weighted by molar-refractivity contribution is 5.73. The van der Waals surface area contributed by atoms with E-state index in [0.29, 0.717) is 11.7 Å². The number of oxazole rings is 1. The molecule has 4 nitrogen and oxygen atoms in total. The Morgan fingerprint density at radius 2 is 2.50 bits per heavy atom. The van der Waals surface area contributed by atoms with Crippen LogP contribution >= 0.6 is 0 Å². The van der Waals surface area contributed by atoms with E-state index in [1.807, 2.05) is 0 Å². The number of nitrogens with zero attached hydrogens (tertiary/aromatic N) is 2. The Labute approximate surface area is 68.4 Å². The standard InChI is InChI=1S/C8H6N2O2/c11-6-7-2-1-4-10(7)8-9-3-5-12-8/h1-6H. The van der Waals surface area contributed by atoms with Crippen molar-refractivity contribution in [3.05, 3.63) is 36.5 Å². The SMILES string of the molecule is O=Cc1cccn1-c1ncco1. The largest absolute Gasteiger partial charge is 0.432 e. The van der Waals surface area contributed by atoms with Crippen LogP contribution in [0.25, 0.3) is 6.01 Å². The predicted molar refractivity (Wildman–Crippen MR) is 41.2 cm³/mol. The summed E-state index contributed by atoms with van der Waals surface area (Å²) in [5.74, 6) is 0. The van der Waals surface area contributed by atoms with E-state index in [-0.39, 0.29) is 0 Å². The summed E-state index contributed by atoms with van der Waals surface area (Å²) in [7, 11) is 0. The lowest BCUT2D eigenvalue weighted by atomic mass is 10.5. The summed E-state index contributed by atoms with van der Waals surface area (Å²) in [6.45, 7) is 0. The number of aldehydes is 1. The molecule has 0 aliphatic rings. The molecule has 0 saturated heterocycles. The predicted octanol–water partition coefficient (Wildman–Crippen LogP) is 1.28. The molecule has 2 heterocycles. The van der Waals surface area contributed by atoms with Gasteiger partial charge in [0.2, 0.25) is 0 Å². The monoisotopic (exact) mass is 162 g/mol. The number of carbonyl (C=O) groups is 1.